The van der Waals surface area contributed by atoms with Crippen LogP contribution in [0.5, 0.6) is 5.88 Å². The highest BCUT2D eigenvalue weighted by molar-refractivity contribution is 5.60. The Bertz CT molecular complexity index is 769. The number of rotatable bonds is 12. The number of nitrogens with zero attached hydrogens (tertiary/aromatic N) is 2. The maximum Gasteiger partial charge on any atom is 0.233 e. The minimum atomic E-state index is -0.216. The number of halogens is 1. The summed E-state index contributed by atoms with van der Waals surface area (Å²) < 4.78 is 20.4. The Morgan fingerprint density at radius 3 is 2.26 bits per heavy atom. The van der Waals surface area contributed by atoms with Gasteiger partial charge in [-0.1, -0.05) is 77.7 Å². The molecule has 0 bridgehead atoms. The lowest BCUT2D eigenvalue weighted by Gasteiger charge is -2.28. The molecule has 1 heterocycles. The summed E-state index contributed by atoms with van der Waals surface area (Å²) in [4.78, 5) is 0. The van der Waals surface area contributed by atoms with Crippen LogP contribution in [0.3, 0.4) is 0 Å². The van der Waals surface area contributed by atoms with Crippen LogP contribution < -0.4 is 4.74 Å². The molecule has 4 heteroatoms. The third-order valence-corrected chi connectivity index (χ3v) is 6.72. The van der Waals surface area contributed by atoms with Crippen molar-refractivity contribution in [3.05, 3.63) is 41.7 Å². The number of hydrogen-bond donors (Lipinski definition) is 0. The lowest BCUT2D eigenvalue weighted by atomic mass is 9.78. The molecule has 0 aliphatic heterocycles. The van der Waals surface area contributed by atoms with E-state index in [4.69, 9.17) is 4.74 Å². The van der Waals surface area contributed by atoms with Gasteiger partial charge in [0.2, 0.25) is 5.88 Å². The minimum absolute atomic E-state index is 0.216. The first-order valence-corrected chi connectivity index (χ1v) is 12.4. The van der Waals surface area contributed by atoms with Gasteiger partial charge in [-0.3, -0.25) is 0 Å². The fourth-order valence-electron chi connectivity index (χ4n) is 4.66. The second-order valence-electron chi connectivity index (χ2n) is 9.19. The van der Waals surface area contributed by atoms with Crippen LogP contribution in [0.4, 0.5) is 4.39 Å². The van der Waals surface area contributed by atoms with E-state index < -0.39 is 0 Å². The van der Waals surface area contributed by atoms with Crippen LogP contribution in [-0.4, -0.2) is 16.8 Å². The molecular weight excluding hydrogens is 387 g/mol. The van der Waals surface area contributed by atoms with Crippen molar-refractivity contribution in [2.75, 3.05) is 6.61 Å². The SMILES string of the molecule is CCCCCOc1ccc(-c2ccc(CC[C@H]3CC[C@H](CCCC)CC3)cc2F)nn1. The van der Waals surface area contributed by atoms with E-state index >= 15 is 0 Å². The van der Waals surface area contributed by atoms with Crippen LogP contribution in [0.15, 0.2) is 30.3 Å². The van der Waals surface area contributed by atoms with E-state index in [9.17, 15) is 4.39 Å². The fraction of sp³-hybridized carbons (Fsp3) is 0.630. The summed E-state index contributed by atoms with van der Waals surface area (Å²) >= 11 is 0. The number of aryl methyl sites for hydroxylation is 1. The van der Waals surface area contributed by atoms with E-state index in [-0.39, 0.29) is 5.82 Å². The third kappa shape index (κ3) is 7.59. The van der Waals surface area contributed by atoms with Gasteiger partial charge in [0.05, 0.1) is 12.3 Å². The summed E-state index contributed by atoms with van der Waals surface area (Å²) in [5, 5.41) is 8.27. The molecule has 1 fully saturated rings. The molecule has 1 aliphatic rings. The van der Waals surface area contributed by atoms with Crippen molar-refractivity contribution < 1.29 is 9.13 Å². The molecule has 1 aromatic heterocycles. The molecule has 31 heavy (non-hydrogen) atoms. The van der Waals surface area contributed by atoms with E-state index in [0.29, 0.717) is 23.7 Å². The Morgan fingerprint density at radius 2 is 1.61 bits per heavy atom. The molecule has 170 valence electrons. The highest BCUT2D eigenvalue weighted by Gasteiger charge is 2.20. The lowest BCUT2D eigenvalue weighted by molar-refractivity contribution is 0.250. The normalized spacial score (nSPS) is 18.8. The van der Waals surface area contributed by atoms with Gasteiger partial charge in [0.15, 0.2) is 0 Å². The molecule has 0 spiro atoms. The second-order valence-corrected chi connectivity index (χ2v) is 9.19. The Kier molecular flexibility index (Phi) is 9.77. The molecular formula is C27H39FN2O. The standard InChI is InChI=1S/C27H39FN2O/c1-3-5-7-19-31-27-18-17-26(29-30-27)24-16-15-23(20-25(24)28)14-13-22-11-9-21(10-12-22)8-6-4-2/h15-18,20-22H,3-14,19H2,1-2H3/t21-,22-. The summed E-state index contributed by atoms with van der Waals surface area (Å²) in [5.74, 6) is 2.03. The molecule has 0 amide bonds. The zero-order valence-electron chi connectivity index (χ0n) is 19.4. The van der Waals surface area contributed by atoms with E-state index in [2.05, 4.69) is 24.0 Å². The summed E-state index contributed by atoms with van der Waals surface area (Å²) in [5.41, 5.74) is 2.14. The van der Waals surface area contributed by atoms with Crippen molar-refractivity contribution in [2.45, 2.75) is 90.9 Å². The zero-order valence-corrected chi connectivity index (χ0v) is 19.4. The average molecular weight is 427 g/mol. The van der Waals surface area contributed by atoms with Crippen molar-refractivity contribution >= 4 is 0 Å². The predicted octanol–water partition coefficient (Wildman–Crippen LogP) is 7.78. The van der Waals surface area contributed by atoms with E-state index in [0.717, 1.165) is 43.1 Å². The monoisotopic (exact) mass is 426 g/mol. The molecule has 0 atom stereocenters. The van der Waals surface area contributed by atoms with Crippen molar-refractivity contribution in [3.8, 4) is 17.1 Å². The van der Waals surface area contributed by atoms with Gasteiger partial charge in [-0.05, 0) is 54.9 Å². The van der Waals surface area contributed by atoms with E-state index in [1.54, 1.807) is 18.2 Å². The van der Waals surface area contributed by atoms with Gasteiger partial charge in [0.1, 0.15) is 5.82 Å². The molecule has 0 unspecified atom stereocenters. The first-order valence-electron chi connectivity index (χ1n) is 12.4. The van der Waals surface area contributed by atoms with Gasteiger partial charge in [-0.25, -0.2) is 4.39 Å². The van der Waals surface area contributed by atoms with Crippen molar-refractivity contribution in [2.24, 2.45) is 11.8 Å². The average Bonchev–Trinajstić information content (AvgIpc) is 2.80. The maximum absolute atomic E-state index is 14.8. The number of unbranched alkanes of at least 4 members (excludes halogenated alkanes) is 3. The quantitative estimate of drug-likeness (QED) is 0.325. The summed E-state index contributed by atoms with van der Waals surface area (Å²) in [6, 6.07) is 9.13. The van der Waals surface area contributed by atoms with Crippen LogP contribution in [-0.2, 0) is 6.42 Å². The van der Waals surface area contributed by atoms with Crippen LogP contribution in [0.2, 0.25) is 0 Å². The lowest BCUT2D eigenvalue weighted by Crippen LogP contribution is -2.15. The number of benzene rings is 1. The van der Waals surface area contributed by atoms with Crippen molar-refractivity contribution in [1.29, 1.82) is 0 Å². The molecule has 3 rings (SSSR count). The fourth-order valence-corrected chi connectivity index (χ4v) is 4.66. The van der Waals surface area contributed by atoms with Crippen LogP contribution in [0.1, 0.15) is 90.0 Å². The molecule has 2 aromatic rings. The van der Waals surface area contributed by atoms with E-state index in [1.165, 1.54) is 51.4 Å². The van der Waals surface area contributed by atoms with Gasteiger partial charge >= 0.3 is 0 Å². The smallest absolute Gasteiger partial charge is 0.233 e. The minimum Gasteiger partial charge on any atom is -0.477 e. The maximum atomic E-state index is 14.8. The van der Waals surface area contributed by atoms with Gasteiger partial charge in [0, 0.05) is 11.6 Å². The molecule has 1 aromatic carbocycles. The molecule has 0 N–H and O–H groups in total. The predicted molar refractivity (Wildman–Crippen MR) is 126 cm³/mol. The summed E-state index contributed by atoms with van der Waals surface area (Å²) in [6.07, 6.45) is 15.0. The largest absolute Gasteiger partial charge is 0.477 e. The molecule has 3 nitrogen and oxygen atoms in total. The highest BCUT2D eigenvalue weighted by atomic mass is 19.1. The molecule has 0 saturated heterocycles. The number of ether oxygens (including phenoxy) is 1. The summed E-state index contributed by atoms with van der Waals surface area (Å²) in [6.45, 7) is 5.08. The number of aromatic nitrogens is 2. The van der Waals surface area contributed by atoms with Crippen LogP contribution >= 0.6 is 0 Å². The van der Waals surface area contributed by atoms with Gasteiger partial charge < -0.3 is 4.74 Å². The second kappa shape index (κ2) is 12.8. The highest BCUT2D eigenvalue weighted by Crippen LogP contribution is 2.34. The Morgan fingerprint density at radius 1 is 0.871 bits per heavy atom. The molecule has 1 saturated carbocycles. The van der Waals surface area contributed by atoms with Crippen molar-refractivity contribution in [3.63, 3.8) is 0 Å². The Labute approximate surface area is 187 Å². The van der Waals surface area contributed by atoms with Crippen LogP contribution in [0.25, 0.3) is 11.3 Å². The third-order valence-electron chi connectivity index (χ3n) is 6.72. The first-order chi connectivity index (χ1) is 15.2. The van der Waals surface area contributed by atoms with E-state index in [1.807, 2.05) is 12.1 Å². The summed E-state index contributed by atoms with van der Waals surface area (Å²) in [7, 11) is 0. The molecule has 1 aliphatic carbocycles. The van der Waals surface area contributed by atoms with Crippen LogP contribution in [0, 0.1) is 17.7 Å². The van der Waals surface area contributed by atoms with Gasteiger partial charge in [-0.2, -0.15) is 0 Å². The Balaban J connectivity index is 1.47. The van der Waals surface area contributed by atoms with Gasteiger partial charge in [-0.15, -0.1) is 10.2 Å². The van der Waals surface area contributed by atoms with Crippen molar-refractivity contribution in [1.82, 2.24) is 10.2 Å². The topological polar surface area (TPSA) is 35.0 Å². The number of hydrogen-bond acceptors (Lipinski definition) is 3. The first kappa shape index (κ1) is 23.7. The molecule has 0 radical (unpaired) electrons. The Hall–Kier alpha value is -1.97. The zero-order chi connectivity index (χ0) is 21.9. The van der Waals surface area contributed by atoms with Gasteiger partial charge in [0.25, 0.3) is 0 Å².